The van der Waals surface area contributed by atoms with Gasteiger partial charge in [0.2, 0.25) is 18.0 Å². The summed E-state index contributed by atoms with van der Waals surface area (Å²) in [6, 6.07) is 1.73. The van der Waals surface area contributed by atoms with Crippen molar-refractivity contribution in [2.45, 2.75) is 57.3 Å². The zero-order valence-electron chi connectivity index (χ0n) is 27.1. The van der Waals surface area contributed by atoms with E-state index in [2.05, 4.69) is 15.0 Å². The molecular weight excluding hydrogens is 705 g/mol. The molecule has 1 saturated carbocycles. The van der Waals surface area contributed by atoms with Crippen molar-refractivity contribution in [3.05, 3.63) is 63.1 Å². The fourth-order valence-corrected chi connectivity index (χ4v) is 7.37. The van der Waals surface area contributed by atoms with Gasteiger partial charge in [0.25, 0.3) is 11.8 Å². The molecule has 1 saturated heterocycles. The Morgan fingerprint density at radius 3 is 2.59 bits per heavy atom. The normalized spacial score (nSPS) is 26.5. The number of esters is 1. The topological polar surface area (TPSA) is 233 Å². The summed E-state index contributed by atoms with van der Waals surface area (Å²) in [6.07, 6.45) is 2.51. The van der Waals surface area contributed by atoms with Gasteiger partial charge in [-0.15, -0.1) is 0 Å². The molecule has 4 heterocycles. The second-order valence-corrected chi connectivity index (χ2v) is 14.2. The van der Waals surface area contributed by atoms with Gasteiger partial charge in [0.1, 0.15) is 17.2 Å². The Hall–Kier alpha value is -4.71. The van der Waals surface area contributed by atoms with Crippen LogP contribution < -0.4 is 15.5 Å². The third-order valence-electron chi connectivity index (χ3n) is 9.69. The highest BCUT2D eigenvalue weighted by Gasteiger charge is 2.61. The number of nitrogens with one attached hydrogen (secondary N) is 1. The molecule has 4 N–H and O–H groups in total. The summed E-state index contributed by atoms with van der Waals surface area (Å²) < 4.78 is 55.3. The van der Waals surface area contributed by atoms with E-state index in [4.69, 9.17) is 24.1 Å². The first-order chi connectivity index (χ1) is 24.0. The van der Waals surface area contributed by atoms with Crippen molar-refractivity contribution in [1.82, 2.24) is 14.8 Å². The summed E-state index contributed by atoms with van der Waals surface area (Å²) in [5.74, 6) is -10.5. The predicted octanol–water partition coefficient (Wildman–Crippen LogP) is 1.71. The Labute approximate surface area is 287 Å². The zero-order valence-corrected chi connectivity index (χ0v) is 28.0. The Balaban J connectivity index is 1.33. The number of hydrogen-bond acceptors (Lipinski definition) is 11. The molecule has 2 aromatic rings. The lowest BCUT2D eigenvalue weighted by molar-refractivity contribution is -0.154. The van der Waals surface area contributed by atoms with Crippen LogP contribution in [-0.2, 0) is 34.8 Å². The van der Waals surface area contributed by atoms with E-state index < -0.39 is 109 Å². The van der Waals surface area contributed by atoms with Gasteiger partial charge in [-0.25, -0.2) is 13.3 Å². The van der Waals surface area contributed by atoms with Crippen molar-refractivity contribution in [2.24, 2.45) is 22.9 Å². The highest BCUT2D eigenvalue weighted by Crippen LogP contribution is 2.50. The highest BCUT2D eigenvalue weighted by molar-refractivity contribution is 7.46. The lowest BCUT2D eigenvalue weighted by Crippen LogP contribution is -2.52. The van der Waals surface area contributed by atoms with Crippen LogP contribution in [0.4, 0.5) is 8.78 Å². The maximum absolute atomic E-state index is 14.3. The highest BCUT2D eigenvalue weighted by atomic mass is 31.2. The number of aliphatic carboxylic acids is 1. The van der Waals surface area contributed by atoms with Gasteiger partial charge < -0.3 is 44.0 Å². The van der Waals surface area contributed by atoms with Crippen LogP contribution in [0.1, 0.15) is 65.6 Å². The molecule has 20 heteroatoms. The number of carbonyl (C=O) groups excluding carboxylic acids is 3. The largest absolute Gasteiger partial charge is 0.481 e. The fraction of sp³-hybridized carbons (Fsp3) is 0.484. The molecule has 6 atom stereocenters. The number of halogens is 2. The van der Waals surface area contributed by atoms with Gasteiger partial charge in [0.15, 0.2) is 11.3 Å². The number of carboxylic acid groups (broad SMARTS) is 1. The van der Waals surface area contributed by atoms with E-state index in [1.54, 1.807) is 6.92 Å². The molecule has 17 nitrogen and oxygen atoms in total. The Bertz CT molecular complexity index is 1950. The number of aromatic nitrogens is 1. The van der Waals surface area contributed by atoms with E-state index in [0.717, 1.165) is 12.1 Å². The first-order valence-electron chi connectivity index (χ1n) is 15.8. The number of benzene rings is 1. The van der Waals surface area contributed by atoms with Gasteiger partial charge in [-0.05, 0) is 32.8 Å². The summed E-state index contributed by atoms with van der Waals surface area (Å²) in [4.78, 5) is 91.4. The number of pyridine rings is 1. The van der Waals surface area contributed by atoms with Crippen molar-refractivity contribution in [3.8, 4) is 5.75 Å². The zero-order chi connectivity index (χ0) is 37.0. The van der Waals surface area contributed by atoms with E-state index in [9.17, 15) is 42.4 Å². The van der Waals surface area contributed by atoms with Crippen LogP contribution in [-0.4, -0.2) is 85.4 Å². The van der Waals surface area contributed by atoms with Crippen molar-refractivity contribution >= 4 is 37.3 Å². The monoisotopic (exact) mass is 738 g/mol. The Morgan fingerprint density at radius 1 is 1.20 bits per heavy atom. The lowest BCUT2D eigenvalue weighted by Gasteiger charge is -2.42. The van der Waals surface area contributed by atoms with E-state index >= 15 is 0 Å². The maximum atomic E-state index is 14.3. The van der Waals surface area contributed by atoms with Crippen molar-refractivity contribution in [3.63, 3.8) is 0 Å². The molecule has 1 spiro atoms. The average molecular weight is 739 g/mol. The number of carboxylic acids is 1. The number of phosphoric ester groups is 1. The SMILES string of the molecule is CC1=NO[C@@]2(CC[C@H](C)N3C[C@H]2n2cc(C(=O)NCc4ccc(F)cc4F)c(=O)c(OCOC(=O)[C@H]4[C@@H](COP(=O)(O)O)[C@@H]4C(=O)O)c2C3=O)C1. The minimum Gasteiger partial charge on any atom is -0.481 e. The van der Waals surface area contributed by atoms with Crippen LogP contribution in [0.15, 0.2) is 34.3 Å². The molecule has 0 radical (unpaired) electrons. The molecule has 274 valence electrons. The van der Waals surface area contributed by atoms with E-state index in [0.29, 0.717) is 31.0 Å². The van der Waals surface area contributed by atoms with Gasteiger partial charge in [0.05, 0.1) is 30.2 Å². The molecule has 1 aromatic heterocycles. The van der Waals surface area contributed by atoms with Gasteiger partial charge in [-0.1, -0.05) is 11.2 Å². The van der Waals surface area contributed by atoms with Crippen LogP contribution >= 0.6 is 7.82 Å². The van der Waals surface area contributed by atoms with Crippen LogP contribution in [0.5, 0.6) is 5.75 Å². The third kappa shape index (κ3) is 6.98. The number of phosphoric acid groups is 1. The lowest BCUT2D eigenvalue weighted by atomic mass is 9.84. The van der Waals surface area contributed by atoms with Crippen LogP contribution in [0.3, 0.4) is 0 Å². The molecule has 6 rings (SSSR count). The van der Waals surface area contributed by atoms with Gasteiger partial charge in [-0.2, -0.15) is 0 Å². The van der Waals surface area contributed by atoms with Crippen molar-refractivity contribution < 1.29 is 66.3 Å². The Morgan fingerprint density at radius 2 is 1.94 bits per heavy atom. The minimum absolute atomic E-state index is 0.0788. The average Bonchev–Trinajstić information content (AvgIpc) is 3.70. The van der Waals surface area contributed by atoms with E-state index in [1.165, 1.54) is 15.7 Å². The number of nitrogens with zero attached hydrogens (tertiary/aromatic N) is 3. The molecule has 0 unspecified atom stereocenters. The smallest absolute Gasteiger partial charge is 0.469 e. The second kappa shape index (κ2) is 13.4. The number of hydrogen-bond donors (Lipinski definition) is 4. The summed E-state index contributed by atoms with van der Waals surface area (Å²) >= 11 is 0. The molecule has 1 aliphatic carbocycles. The minimum atomic E-state index is -4.97. The molecular formula is C31H33F2N4O13P. The first-order valence-corrected chi connectivity index (χ1v) is 17.3. The molecule has 1 aromatic carbocycles. The molecule has 51 heavy (non-hydrogen) atoms. The van der Waals surface area contributed by atoms with Crippen LogP contribution in [0.2, 0.25) is 0 Å². The van der Waals surface area contributed by atoms with Crippen molar-refractivity contribution in [2.75, 3.05) is 19.9 Å². The molecule has 4 aliphatic rings. The van der Waals surface area contributed by atoms with E-state index in [-0.39, 0.29) is 23.8 Å². The summed E-state index contributed by atoms with van der Waals surface area (Å²) in [5.41, 5.74) is -2.28. The van der Waals surface area contributed by atoms with Crippen molar-refractivity contribution in [1.29, 1.82) is 0 Å². The van der Waals surface area contributed by atoms with Gasteiger partial charge >= 0.3 is 19.8 Å². The fourth-order valence-electron chi connectivity index (χ4n) is 7.01. The van der Waals surface area contributed by atoms with Crippen LogP contribution in [0, 0.1) is 29.4 Å². The summed E-state index contributed by atoms with van der Waals surface area (Å²) in [6.45, 7) is 1.49. The molecule has 2 fully saturated rings. The molecule has 2 bridgehead atoms. The number of fused-ring (bicyclic) bond motifs is 5. The standard InChI is InChI=1S/C31H33F2N4O13P/c1-14-8-31(50-35-14)6-5-15(2)36-11-21(31)37-10-18(27(39)34-9-16-3-4-17(32)7-20(16)33)25(38)26(24(37)28(36)40)47-13-48-30(43)23-19(22(23)29(41)42)12-49-51(44,45)46/h3-4,7,10,15,19,21-23H,5-6,8-9,11-13H2,1-2H3,(H,34,39)(H,41,42)(H2,44,45,46)/t15-,19-,21+,22-,23-,31-/m0/s1. The summed E-state index contributed by atoms with van der Waals surface area (Å²) in [5, 5.41) is 16.0. The predicted molar refractivity (Wildman–Crippen MR) is 166 cm³/mol. The van der Waals surface area contributed by atoms with Gasteiger partial charge in [0, 0.05) is 49.3 Å². The third-order valence-corrected chi connectivity index (χ3v) is 10.2. The number of carbonyl (C=O) groups is 4. The maximum Gasteiger partial charge on any atom is 0.469 e. The quantitative estimate of drug-likeness (QED) is 0.146. The number of amides is 2. The first kappa shape index (κ1) is 36.1. The number of rotatable bonds is 11. The molecule has 3 aliphatic heterocycles. The number of ether oxygens (including phenoxy) is 2. The summed E-state index contributed by atoms with van der Waals surface area (Å²) in [7, 11) is -4.97. The molecule has 2 amide bonds. The Kier molecular flexibility index (Phi) is 9.51. The van der Waals surface area contributed by atoms with Crippen LogP contribution in [0.25, 0.3) is 0 Å². The van der Waals surface area contributed by atoms with Gasteiger partial charge in [-0.3, -0.25) is 28.5 Å². The second-order valence-electron chi connectivity index (χ2n) is 13.0. The number of oxime groups is 1. The van der Waals surface area contributed by atoms with E-state index in [1.807, 2.05) is 6.92 Å².